The van der Waals surface area contributed by atoms with E-state index in [0.717, 1.165) is 37.1 Å². The van der Waals surface area contributed by atoms with Crippen molar-refractivity contribution in [2.24, 2.45) is 10.9 Å². The molecule has 1 aliphatic rings. The van der Waals surface area contributed by atoms with Crippen LogP contribution in [0.25, 0.3) is 5.70 Å². The molecule has 0 saturated heterocycles. The summed E-state index contributed by atoms with van der Waals surface area (Å²) < 4.78 is 27.2. The third-order valence-electron chi connectivity index (χ3n) is 5.62. The third-order valence-corrected chi connectivity index (χ3v) is 5.62. The number of hydrogen-bond acceptors (Lipinski definition) is 3. The lowest BCUT2D eigenvalue weighted by molar-refractivity contribution is -0.116. The molecule has 176 valence electrons. The largest absolute Gasteiger partial charge is 0.377 e. The lowest BCUT2D eigenvalue weighted by atomic mass is 10.0. The number of nitrogens with zero attached hydrogens (tertiary/aromatic N) is 2. The van der Waals surface area contributed by atoms with Crippen LogP contribution in [0.15, 0.2) is 41.5 Å². The normalized spacial score (nSPS) is 15.8. The number of hydrogen-bond donors (Lipinski definition) is 1. The molecule has 1 aromatic carbocycles. The molecule has 1 aromatic rings. The average molecular weight is 446 g/mol. The van der Waals surface area contributed by atoms with E-state index in [1.54, 1.807) is 11.0 Å². The van der Waals surface area contributed by atoms with Crippen molar-refractivity contribution in [3.8, 4) is 0 Å². The van der Waals surface area contributed by atoms with Gasteiger partial charge < -0.3 is 10.2 Å². The van der Waals surface area contributed by atoms with Gasteiger partial charge in [0, 0.05) is 41.3 Å². The molecule has 0 aliphatic heterocycles. The Bertz CT molecular complexity index is 885. The van der Waals surface area contributed by atoms with Gasteiger partial charge in [0.05, 0.1) is 6.04 Å². The Morgan fingerprint density at radius 2 is 1.88 bits per heavy atom. The van der Waals surface area contributed by atoms with Crippen LogP contribution in [0.1, 0.15) is 84.8 Å². The summed E-state index contributed by atoms with van der Waals surface area (Å²) in [7, 11) is 0. The summed E-state index contributed by atoms with van der Waals surface area (Å²) in [6.45, 7) is 15.8. The van der Waals surface area contributed by atoms with Gasteiger partial charge in [-0.1, -0.05) is 26.5 Å². The molecule has 1 aliphatic carbocycles. The van der Waals surface area contributed by atoms with Crippen LogP contribution in [0.3, 0.4) is 0 Å². The van der Waals surface area contributed by atoms with E-state index in [0.29, 0.717) is 22.9 Å². The quantitative estimate of drug-likeness (QED) is 0.377. The molecule has 32 heavy (non-hydrogen) atoms. The fourth-order valence-electron chi connectivity index (χ4n) is 3.55. The zero-order chi connectivity index (χ0) is 24.0. The number of rotatable bonds is 11. The third kappa shape index (κ3) is 7.57. The number of carbonyl (C=O) groups is 1. The smallest absolute Gasteiger partial charge is 0.263 e. The zero-order valence-corrected chi connectivity index (χ0v) is 20.2. The van der Waals surface area contributed by atoms with E-state index >= 15 is 0 Å². The monoisotopic (exact) mass is 445 g/mol. The first-order valence-corrected chi connectivity index (χ1v) is 11.4. The number of allylic oxidation sites excluding steroid dienone is 2. The topological polar surface area (TPSA) is 44.7 Å². The molecular weight excluding hydrogens is 408 g/mol. The number of halogens is 2. The minimum Gasteiger partial charge on any atom is -0.377 e. The molecule has 1 N–H and O–H groups in total. The van der Waals surface area contributed by atoms with Gasteiger partial charge in [-0.2, -0.15) is 0 Å². The highest BCUT2D eigenvalue weighted by Crippen LogP contribution is 2.35. The van der Waals surface area contributed by atoms with Crippen LogP contribution in [-0.2, 0) is 4.79 Å². The lowest BCUT2D eigenvalue weighted by Gasteiger charge is -2.24. The van der Waals surface area contributed by atoms with Crippen molar-refractivity contribution in [2.45, 2.75) is 85.7 Å². The molecule has 1 unspecified atom stereocenters. The Hall–Kier alpha value is -2.50. The lowest BCUT2D eigenvalue weighted by Crippen LogP contribution is -2.32. The second-order valence-electron chi connectivity index (χ2n) is 9.15. The SMILES string of the molecule is C=C(NC(C)C(C)=N/C(C)=C/CCC(C)C)c1cc(C(F)F)cc(N(C(C)=O)C2CC2)c1. The first-order chi connectivity index (χ1) is 15.0. The van der Waals surface area contributed by atoms with E-state index in [1.165, 1.54) is 19.1 Å². The summed E-state index contributed by atoms with van der Waals surface area (Å²) in [4.78, 5) is 18.4. The van der Waals surface area contributed by atoms with E-state index < -0.39 is 6.43 Å². The second kappa shape index (κ2) is 11.4. The Labute approximate surface area is 191 Å². The summed E-state index contributed by atoms with van der Waals surface area (Å²) in [6, 6.07) is 4.57. The number of amides is 1. The summed E-state index contributed by atoms with van der Waals surface area (Å²) in [6.07, 6.45) is 3.41. The summed E-state index contributed by atoms with van der Waals surface area (Å²) in [5.41, 5.74) is 3.31. The minimum atomic E-state index is -2.63. The molecule has 0 heterocycles. The van der Waals surface area contributed by atoms with Gasteiger partial charge in [-0.05, 0) is 76.1 Å². The van der Waals surface area contributed by atoms with Crippen molar-refractivity contribution in [1.29, 1.82) is 0 Å². The predicted molar refractivity (Wildman–Crippen MR) is 130 cm³/mol. The van der Waals surface area contributed by atoms with Gasteiger partial charge in [-0.3, -0.25) is 9.79 Å². The predicted octanol–water partition coefficient (Wildman–Crippen LogP) is 6.89. The maximum Gasteiger partial charge on any atom is 0.263 e. The average Bonchev–Trinajstić information content (AvgIpc) is 3.51. The highest BCUT2D eigenvalue weighted by atomic mass is 19.3. The van der Waals surface area contributed by atoms with E-state index in [1.807, 2.05) is 20.8 Å². The number of benzene rings is 1. The van der Waals surface area contributed by atoms with Gasteiger partial charge in [-0.25, -0.2) is 8.78 Å². The van der Waals surface area contributed by atoms with Crippen molar-refractivity contribution in [3.63, 3.8) is 0 Å². The molecule has 4 nitrogen and oxygen atoms in total. The van der Waals surface area contributed by atoms with Crippen LogP contribution in [0.5, 0.6) is 0 Å². The number of carbonyl (C=O) groups excluding carboxylic acids is 1. The van der Waals surface area contributed by atoms with Crippen molar-refractivity contribution >= 4 is 23.0 Å². The first-order valence-electron chi connectivity index (χ1n) is 11.4. The summed E-state index contributed by atoms with van der Waals surface area (Å²) in [5.74, 6) is 0.514. The molecular formula is C26H37F2N3O. The van der Waals surface area contributed by atoms with Crippen LogP contribution in [0.2, 0.25) is 0 Å². The molecule has 1 atom stereocenters. The van der Waals surface area contributed by atoms with Crippen molar-refractivity contribution in [3.05, 3.63) is 47.7 Å². The number of anilines is 1. The van der Waals surface area contributed by atoms with Gasteiger partial charge in [-0.15, -0.1) is 0 Å². The molecule has 6 heteroatoms. The summed E-state index contributed by atoms with van der Waals surface area (Å²) >= 11 is 0. The molecule has 1 fully saturated rings. The molecule has 2 rings (SSSR count). The highest BCUT2D eigenvalue weighted by molar-refractivity contribution is 5.93. The Morgan fingerprint density at radius 3 is 2.41 bits per heavy atom. The Morgan fingerprint density at radius 1 is 1.22 bits per heavy atom. The Balaban J connectivity index is 2.19. The van der Waals surface area contributed by atoms with Crippen molar-refractivity contribution in [2.75, 3.05) is 4.90 Å². The molecule has 0 radical (unpaired) electrons. The maximum absolute atomic E-state index is 13.6. The van der Waals surface area contributed by atoms with Gasteiger partial charge in [0.1, 0.15) is 0 Å². The zero-order valence-electron chi connectivity index (χ0n) is 20.2. The van der Waals surface area contributed by atoms with Crippen LogP contribution in [0, 0.1) is 5.92 Å². The van der Waals surface area contributed by atoms with Crippen LogP contribution >= 0.6 is 0 Å². The number of alkyl halides is 2. The van der Waals surface area contributed by atoms with Crippen molar-refractivity contribution in [1.82, 2.24) is 5.32 Å². The highest BCUT2D eigenvalue weighted by Gasteiger charge is 2.32. The van der Waals surface area contributed by atoms with E-state index in [9.17, 15) is 13.6 Å². The van der Waals surface area contributed by atoms with E-state index in [2.05, 4.69) is 36.8 Å². The minimum absolute atomic E-state index is 0.0910. The standard InChI is InChI=1S/C26H37F2N3O/c1-16(2)9-8-10-17(3)29-18(4)19(5)30-20(6)22-13-23(26(27)28)15-25(14-22)31(21(7)32)24-11-12-24/h10,13-16,19,24,26,30H,6,8-9,11-12H2,1-5,7H3/b17-10+,29-18?. The molecule has 1 saturated carbocycles. The van der Waals surface area contributed by atoms with Gasteiger partial charge in [0.25, 0.3) is 6.43 Å². The fraction of sp³-hybridized carbons (Fsp3) is 0.538. The van der Waals surface area contributed by atoms with Crippen LogP contribution in [0.4, 0.5) is 14.5 Å². The summed E-state index contributed by atoms with van der Waals surface area (Å²) in [5, 5.41) is 3.28. The van der Waals surface area contributed by atoms with E-state index in [-0.39, 0.29) is 23.6 Å². The fourth-order valence-corrected chi connectivity index (χ4v) is 3.55. The van der Waals surface area contributed by atoms with Crippen molar-refractivity contribution < 1.29 is 13.6 Å². The Kier molecular flexibility index (Phi) is 9.17. The maximum atomic E-state index is 13.6. The first kappa shape index (κ1) is 25.8. The van der Waals surface area contributed by atoms with Crippen LogP contribution < -0.4 is 10.2 Å². The van der Waals surface area contributed by atoms with Gasteiger partial charge in [0.2, 0.25) is 5.91 Å². The van der Waals surface area contributed by atoms with Crippen LogP contribution in [-0.4, -0.2) is 23.7 Å². The second-order valence-corrected chi connectivity index (χ2v) is 9.15. The molecule has 0 aromatic heterocycles. The number of aliphatic imine (C=N–C) groups is 1. The molecule has 0 spiro atoms. The molecule has 1 amide bonds. The molecule has 0 bridgehead atoms. The van der Waals surface area contributed by atoms with Gasteiger partial charge in [0.15, 0.2) is 0 Å². The number of nitrogens with one attached hydrogen (secondary N) is 1. The van der Waals surface area contributed by atoms with Gasteiger partial charge >= 0.3 is 0 Å². The van der Waals surface area contributed by atoms with E-state index in [4.69, 9.17) is 0 Å².